The monoisotopic (exact) mass is 502 g/mol. The van der Waals surface area contributed by atoms with Crippen molar-refractivity contribution < 1.29 is 33.9 Å². The summed E-state index contributed by atoms with van der Waals surface area (Å²) in [5.41, 5.74) is 2.25. The fourth-order valence-corrected chi connectivity index (χ4v) is 4.51. The Kier molecular flexibility index (Phi) is 7.47. The number of aromatic nitrogens is 1. The van der Waals surface area contributed by atoms with Crippen LogP contribution in [-0.2, 0) is 16.1 Å². The Balaban J connectivity index is 1.87. The molecule has 0 spiro atoms. The van der Waals surface area contributed by atoms with E-state index in [1.807, 2.05) is 26.0 Å². The van der Waals surface area contributed by atoms with Crippen molar-refractivity contribution in [3.63, 3.8) is 0 Å². The Morgan fingerprint density at radius 1 is 1.05 bits per heavy atom. The molecule has 192 valence electrons. The summed E-state index contributed by atoms with van der Waals surface area (Å²) >= 11 is 0. The van der Waals surface area contributed by atoms with Crippen LogP contribution in [0.2, 0.25) is 0 Å². The molecule has 8 heteroatoms. The number of ketones is 1. The third-order valence-electron chi connectivity index (χ3n) is 6.19. The van der Waals surface area contributed by atoms with E-state index in [1.54, 1.807) is 55.7 Å². The van der Waals surface area contributed by atoms with Crippen molar-refractivity contribution in [2.24, 2.45) is 0 Å². The zero-order valence-electron chi connectivity index (χ0n) is 21.5. The molecule has 1 unspecified atom stereocenters. The molecule has 1 aliphatic heterocycles. The second kappa shape index (κ2) is 10.7. The summed E-state index contributed by atoms with van der Waals surface area (Å²) in [4.78, 5) is 31.1. The number of Topliss-reactive ketones (excluding diaryl/α,β-unsaturated/α-hetero) is 1. The number of pyridine rings is 1. The fourth-order valence-electron chi connectivity index (χ4n) is 4.51. The number of nitrogens with one attached hydrogen (secondary N) is 1. The summed E-state index contributed by atoms with van der Waals surface area (Å²) in [6.45, 7) is 5.75. The van der Waals surface area contributed by atoms with Crippen LogP contribution in [0, 0.1) is 6.92 Å². The van der Waals surface area contributed by atoms with Crippen LogP contribution in [0.5, 0.6) is 17.2 Å². The molecule has 3 aromatic rings. The summed E-state index contributed by atoms with van der Waals surface area (Å²) < 4.78 is 16.6. The van der Waals surface area contributed by atoms with Gasteiger partial charge in [-0.2, -0.15) is 0 Å². The van der Waals surface area contributed by atoms with Crippen LogP contribution in [0.25, 0.3) is 5.76 Å². The van der Waals surface area contributed by atoms with E-state index >= 15 is 0 Å². The number of H-pyrrole nitrogens is 1. The second-order valence-corrected chi connectivity index (χ2v) is 9.08. The number of methoxy groups -OCH3 is 2. The van der Waals surface area contributed by atoms with E-state index < -0.39 is 23.5 Å². The Bertz CT molecular complexity index is 1350. The smallest absolute Gasteiger partial charge is 0.295 e. The number of rotatable bonds is 8. The average molecular weight is 503 g/mol. The van der Waals surface area contributed by atoms with E-state index in [1.165, 1.54) is 19.1 Å². The van der Waals surface area contributed by atoms with Gasteiger partial charge in [-0.15, -0.1) is 0 Å². The van der Waals surface area contributed by atoms with E-state index in [4.69, 9.17) is 14.2 Å². The van der Waals surface area contributed by atoms with Crippen LogP contribution in [0.1, 0.15) is 42.1 Å². The molecule has 0 saturated carbocycles. The molecule has 1 amide bonds. The second-order valence-electron chi connectivity index (χ2n) is 9.08. The summed E-state index contributed by atoms with van der Waals surface area (Å²) in [7, 11) is 3.03. The molecule has 2 aromatic carbocycles. The van der Waals surface area contributed by atoms with Gasteiger partial charge in [0.1, 0.15) is 5.75 Å². The molecule has 37 heavy (non-hydrogen) atoms. The van der Waals surface area contributed by atoms with Crippen LogP contribution in [0.15, 0.2) is 66.5 Å². The molecule has 1 saturated heterocycles. The van der Waals surface area contributed by atoms with Crippen LogP contribution in [0.4, 0.5) is 0 Å². The van der Waals surface area contributed by atoms with Crippen LogP contribution in [0.3, 0.4) is 0 Å². The van der Waals surface area contributed by atoms with E-state index in [-0.39, 0.29) is 18.2 Å². The first-order valence-electron chi connectivity index (χ1n) is 12.0. The normalized spacial score (nSPS) is 16.8. The van der Waals surface area contributed by atoms with Gasteiger partial charge in [0.25, 0.3) is 5.91 Å². The van der Waals surface area contributed by atoms with E-state index in [9.17, 15) is 14.7 Å². The van der Waals surface area contributed by atoms with Gasteiger partial charge in [-0.3, -0.25) is 9.59 Å². The largest absolute Gasteiger partial charge is 0.872 e. The lowest BCUT2D eigenvalue weighted by Crippen LogP contribution is -2.29. The number of amides is 1. The maximum Gasteiger partial charge on any atom is 0.295 e. The number of hydrogen-bond donors (Lipinski definition) is 0. The van der Waals surface area contributed by atoms with E-state index in [0.717, 1.165) is 5.56 Å². The molecule has 1 aliphatic rings. The van der Waals surface area contributed by atoms with Crippen molar-refractivity contribution in [3.05, 3.63) is 88.8 Å². The molecule has 0 bridgehead atoms. The predicted molar refractivity (Wildman–Crippen MR) is 135 cm³/mol. The van der Waals surface area contributed by atoms with Gasteiger partial charge in [-0.25, -0.2) is 4.98 Å². The van der Waals surface area contributed by atoms with Gasteiger partial charge in [0, 0.05) is 17.2 Å². The molecule has 1 aromatic heterocycles. The number of carbonyl (C=O) groups is 2. The topological polar surface area (TPSA) is 102 Å². The van der Waals surface area contributed by atoms with Gasteiger partial charge in [0.05, 0.1) is 32.9 Å². The highest BCUT2D eigenvalue weighted by atomic mass is 16.5. The number of aromatic amines is 1. The molecule has 1 N–H and O–H groups in total. The molecule has 0 radical (unpaired) electrons. The molecule has 0 aliphatic carbocycles. The van der Waals surface area contributed by atoms with Crippen molar-refractivity contribution in [2.75, 3.05) is 14.2 Å². The van der Waals surface area contributed by atoms with E-state index in [2.05, 4.69) is 4.98 Å². The van der Waals surface area contributed by atoms with Crippen molar-refractivity contribution in [2.45, 2.75) is 39.5 Å². The average Bonchev–Trinajstić information content (AvgIpc) is 3.13. The van der Waals surface area contributed by atoms with Crippen molar-refractivity contribution in [1.29, 1.82) is 0 Å². The Morgan fingerprint density at radius 3 is 2.43 bits per heavy atom. The molecule has 2 heterocycles. The maximum atomic E-state index is 13.9. The molecule has 1 fully saturated rings. The number of aryl methyl sites for hydroxylation is 1. The minimum atomic E-state index is -0.904. The summed E-state index contributed by atoms with van der Waals surface area (Å²) in [5.74, 6) is -0.486. The number of hydrogen-bond acceptors (Lipinski definition) is 6. The Morgan fingerprint density at radius 2 is 1.81 bits per heavy atom. The minimum Gasteiger partial charge on any atom is -0.872 e. The third kappa shape index (κ3) is 5.14. The quantitative estimate of drug-likeness (QED) is 0.267. The first-order chi connectivity index (χ1) is 17.7. The van der Waals surface area contributed by atoms with Gasteiger partial charge in [-0.1, -0.05) is 17.9 Å². The van der Waals surface area contributed by atoms with Gasteiger partial charge < -0.3 is 24.2 Å². The van der Waals surface area contributed by atoms with Crippen molar-refractivity contribution >= 4 is 17.4 Å². The molecule has 4 rings (SSSR count). The minimum absolute atomic E-state index is 0.0254. The molecular weight excluding hydrogens is 472 g/mol. The first-order valence-corrected chi connectivity index (χ1v) is 12.0. The third-order valence-corrected chi connectivity index (χ3v) is 6.19. The van der Waals surface area contributed by atoms with Gasteiger partial charge in [-0.05, 0) is 67.8 Å². The van der Waals surface area contributed by atoms with Crippen molar-refractivity contribution in [1.82, 2.24) is 4.90 Å². The van der Waals surface area contributed by atoms with Crippen LogP contribution >= 0.6 is 0 Å². The SMILES string of the molecule is COc1ccc(C2C(=C([O-])c3ccc(OC(C)C)cc3C)C(=O)C(=O)N2Cc2ccc[nH+]c2)cc1OC. The van der Waals surface area contributed by atoms with Gasteiger partial charge in [0.15, 0.2) is 23.9 Å². The number of likely N-dealkylation sites (tertiary alicyclic amines) is 1. The Hall–Kier alpha value is -4.33. The standard InChI is InChI=1S/C29H30N2O6/c1-17(2)37-21-9-10-22(18(3)13-21)27(32)25-26(20-8-11-23(35-4)24(14-20)36-5)31(29(34)28(25)33)16-19-7-6-12-30-15-19/h6-15,17,26,32H,16H2,1-5H3. The Labute approximate surface area is 216 Å². The number of benzene rings is 2. The highest BCUT2D eigenvalue weighted by molar-refractivity contribution is 6.46. The highest BCUT2D eigenvalue weighted by Gasteiger charge is 2.44. The zero-order valence-corrected chi connectivity index (χ0v) is 21.5. The highest BCUT2D eigenvalue weighted by Crippen LogP contribution is 2.42. The lowest BCUT2D eigenvalue weighted by atomic mass is 9.93. The number of carbonyl (C=O) groups excluding carboxylic acids is 2. The number of nitrogens with zero attached hydrogens (tertiary/aromatic N) is 1. The number of ether oxygens (including phenoxy) is 3. The van der Waals surface area contributed by atoms with Crippen LogP contribution < -0.4 is 24.3 Å². The van der Waals surface area contributed by atoms with Gasteiger partial charge in [0.2, 0.25) is 5.78 Å². The predicted octanol–water partition coefficient (Wildman–Crippen LogP) is 3.04. The summed E-state index contributed by atoms with van der Waals surface area (Å²) in [5, 5.41) is 13.9. The van der Waals surface area contributed by atoms with Crippen LogP contribution in [-0.4, -0.2) is 36.9 Å². The van der Waals surface area contributed by atoms with E-state index in [0.29, 0.717) is 33.9 Å². The van der Waals surface area contributed by atoms with Gasteiger partial charge >= 0.3 is 0 Å². The summed E-state index contributed by atoms with van der Waals surface area (Å²) in [6.07, 6.45) is 3.48. The maximum absolute atomic E-state index is 13.9. The zero-order chi connectivity index (χ0) is 26.7. The summed E-state index contributed by atoms with van der Waals surface area (Å²) in [6, 6.07) is 13.0. The lowest BCUT2D eigenvalue weighted by molar-refractivity contribution is -0.378. The molecule has 1 atom stereocenters. The lowest BCUT2D eigenvalue weighted by Gasteiger charge is -2.28. The molecule has 8 nitrogen and oxygen atoms in total. The molecular formula is C29H30N2O6. The first kappa shape index (κ1) is 25.8. The fraction of sp³-hybridized carbons (Fsp3) is 0.276. The van der Waals surface area contributed by atoms with Crippen molar-refractivity contribution in [3.8, 4) is 17.2 Å².